The molecule has 112 valence electrons. The molecule has 1 atom stereocenters. The van der Waals surface area contributed by atoms with Crippen LogP contribution in [0.3, 0.4) is 0 Å². The van der Waals surface area contributed by atoms with E-state index in [4.69, 9.17) is 15.2 Å². The van der Waals surface area contributed by atoms with Crippen LogP contribution in [0.25, 0.3) is 0 Å². The molecule has 0 aliphatic heterocycles. The number of nitrogens with two attached hydrogens (primary N) is 1. The van der Waals surface area contributed by atoms with Crippen LogP contribution in [0.15, 0.2) is 42.5 Å². The molecule has 0 aliphatic carbocycles. The first-order valence-corrected chi connectivity index (χ1v) is 7.91. The van der Waals surface area contributed by atoms with Crippen LogP contribution in [0.2, 0.25) is 0 Å². The summed E-state index contributed by atoms with van der Waals surface area (Å²) in [5.41, 5.74) is 8.69. The third-order valence-corrected chi connectivity index (χ3v) is 4.08. The number of methoxy groups -OCH3 is 2. The van der Waals surface area contributed by atoms with Crippen LogP contribution in [0, 0.1) is 3.57 Å². The quantitative estimate of drug-likeness (QED) is 0.760. The van der Waals surface area contributed by atoms with E-state index in [0.29, 0.717) is 0 Å². The molecule has 0 heterocycles. The second kappa shape index (κ2) is 7.66. The number of benzene rings is 2. The fraction of sp³-hybridized carbons (Fsp3) is 0.294. The van der Waals surface area contributed by atoms with Gasteiger partial charge in [0.2, 0.25) is 0 Å². The molecule has 0 aliphatic rings. The minimum absolute atomic E-state index is 0.0863. The molecule has 4 heteroatoms. The third-order valence-electron chi connectivity index (χ3n) is 3.36. The summed E-state index contributed by atoms with van der Waals surface area (Å²) < 4.78 is 11.8. The summed E-state index contributed by atoms with van der Waals surface area (Å²) in [6, 6.07) is 14.5. The molecule has 0 radical (unpaired) electrons. The zero-order valence-electron chi connectivity index (χ0n) is 12.3. The van der Waals surface area contributed by atoms with Crippen molar-refractivity contribution in [2.24, 2.45) is 5.73 Å². The molecule has 0 aromatic heterocycles. The van der Waals surface area contributed by atoms with Crippen LogP contribution < -0.4 is 15.2 Å². The highest BCUT2D eigenvalue weighted by Gasteiger charge is 2.09. The Hall–Kier alpha value is -1.27. The molecule has 0 fully saturated rings. The van der Waals surface area contributed by atoms with Gasteiger partial charge in [0.1, 0.15) is 0 Å². The molecule has 2 rings (SSSR count). The van der Waals surface area contributed by atoms with Crippen molar-refractivity contribution in [1.29, 1.82) is 0 Å². The van der Waals surface area contributed by atoms with Gasteiger partial charge < -0.3 is 15.2 Å². The van der Waals surface area contributed by atoms with Gasteiger partial charge in [-0.1, -0.05) is 18.2 Å². The smallest absolute Gasteiger partial charge is 0.160 e. The van der Waals surface area contributed by atoms with Crippen molar-refractivity contribution in [2.75, 3.05) is 14.2 Å². The molecule has 2 aromatic rings. The van der Waals surface area contributed by atoms with Gasteiger partial charge in [0.05, 0.1) is 14.2 Å². The Labute approximate surface area is 139 Å². The maximum absolute atomic E-state index is 6.26. The summed E-state index contributed by atoms with van der Waals surface area (Å²) >= 11 is 2.31. The molecule has 0 spiro atoms. The van der Waals surface area contributed by atoms with Gasteiger partial charge in [-0.25, -0.2) is 0 Å². The molecule has 21 heavy (non-hydrogen) atoms. The molecule has 3 nitrogen and oxygen atoms in total. The monoisotopic (exact) mass is 397 g/mol. The van der Waals surface area contributed by atoms with Crippen LogP contribution in [0.4, 0.5) is 0 Å². The maximum atomic E-state index is 6.26. The Balaban J connectivity index is 2.02. The maximum Gasteiger partial charge on any atom is 0.160 e. The van der Waals surface area contributed by atoms with E-state index < -0.39 is 0 Å². The second-order valence-corrected chi connectivity index (χ2v) is 6.23. The SMILES string of the molecule is COc1ccc(CC(N)Cc2ccc(I)cc2)cc1OC. The number of ether oxygens (including phenoxy) is 2. The lowest BCUT2D eigenvalue weighted by Crippen LogP contribution is -2.25. The lowest BCUT2D eigenvalue weighted by atomic mass is 9.99. The summed E-state index contributed by atoms with van der Waals surface area (Å²) in [5, 5.41) is 0. The van der Waals surface area contributed by atoms with Crippen molar-refractivity contribution < 1.29 is 9.47 Å². The molecular formula is C17H20INO2. The number of halogens is 1. The van der Waals surface area contributed by atoms with Crippen LogP contribution in [0.1, 0.15) is 11.1 Å². The standard InChI is InChI=1S/C17H20INO2/c1-20-16-8-5-13(11-17(16)21-2)10-15(19)9-12-3-6-14(18)7-4-12/h3-8,11,15H,9-10,19H2,1-2H3. The summed E-state index contributed by atoms with van der Waals surface area (Å²) in [7, 11) is 3.28. The first-order valence-electron chi connectivity index (χ1n) is 6.83. The van der Waals surface area contributed by atoms with Crippen molar-refractivity contribution >= 4 is 22.6 Å². The van der Waals surface area contributed by atoms with E-state index in [9.17, 15) is 0 Å². The molecular weight excluding hydrogens is 377 g/mol. The minimum Gasteiger partial charge on any atom is -0.493 e. The topological polar surface area (TPSA) is 44.5 Å². The van der Waals surface area contributed by atoms with E-state index in [-0.39, 0.29) is 6.04 Å². The lowest BCUT2D eigenvalue weighted by molar-refractivity contribution is 0.354. The van der Waals surface area contributed by atoms with E-state index in [2.05, 4.69) is 46.9 Å². The van der Waals surface area contributed by atoms with Gasteiger partial charge in [0, 0.05) is 9.61 Å². The predicted molar refractivity (Wildman–Crippen MR) is 94.1 cm³/mol. The molecule has 1 unspecified atom stereocenters. The first kappa shape index (κ1) is 16.1. The Kier molecular flexibility index (Phi) is 5.87. The van der Waals surface area contributed by atoms with Crippen molar-refractivity contribution in [3.8, 4) is 11.5 Å². The average molecular weight is 397 g/mol. The van der Waals surface area contributed by atoms with Gasteiger partial charge in [-0.05, 0) is 70.8 Å². The molecule has 2 N–H and O–H groups in total. The fourth-order valence-corrected chi connectivity index (χ4v) is 2.67. The predicted octanol–water partition coefficient (Wildman–Crippen LogP) is 3.42. The van der Waals surface area contributed by atoms with Gasteiger partial charge in [-0.15, -0.1) is 0 Å². The van der Waals surface area contributed by atoms with Crippen molar-refractivity contribution in [3.63, 3.8) is 0 Å². The largest absolute Gasteiger partial charge is 0.493 e. The highest BCUT2D eigenvalue weighted by molar-refractivity contribution is 14.1. The van der Waals surface area contributed by atoms with Gasteiger partial charge in [-0.3, -0.25) is 0 Å². The number of hydrogen-bond donors (Lipinski definition) is 1. The minimum atomic E-state index is 0.0863. The fourth-order valence-electron chi connectivity index (χ4n) is 2.31. The normalized spacial score (nSPS) is 12.0. The van der Waals surface area contributed by atoms with E-state index >= 15 is 0 Å². The van der Waals surface area contributed by atoms with Crippen molar-refractivity contribution in [2.45, 2.75) is 18.9 Å². The summed E-state index contributed by atoms with van der Waals surface area (Å²) in [6.45, 7) is 0. The summed E-state index contributed by atoms with van der Waals surface area (Å²) in [5.74, 6) is 1.49. The van der Waals surface area contributed by atoms with Crippen LogP contribution in [0.5, 0.6) is 11.5 Å². The zero-order chi connectivity index (χ0) is 15.2. The molecule has 0 saturated carbocycles. The van der Waals surface area contributed by atoms with Crippen molar-refractivity contribution in [3.05, 3.63) is 57.2 Å². The van der Waals surface area contributed by atoms with Crippen LogP contribution in [-0.4, -0.2) is 20.3 Å². The van der Waals surface area contributed by atoms with E-state index in [1.807, 2.05) is 18.2 Å². The Bertz CT molecular complexity index is 584. The van der Waals surface area contributed by atoms with Gasteiger partial charge in [0.25, 0.3) is 0 Å². The van der Waals surface area contributed by atoms with Gasteiger partial charge >= 0.3 is 0 Å². The second-order valence-electron chi connectivity index (χ2n) is 4.98. The van der Waals surface area contributed by atoms with Gasteiger partial charge in [-0.2, -0.15) is 0 Å². The van der Waals surface area contributed by atoms with Gasteiger partial charge in [0.15, 0.2) is 11.5 Å². The van der Waals surface area contributed by atoms with Crippen molar-refractivity contribution in [1.82, 2.24) is 0 Å². The van der Waals surface area contributed by atoms with E-state index in [1.165, 1.54) is 9.13 Å². The molecule has 0 amide bonds. The lowest BCUT2D eigenvalue weighted by Gasteiger charge is -2.14. The zero-order valence-corrected chi connectivity index (χ0v) is 14.5. The first-order chi connectivity index (χ1) is 10.1. The Morgan fingerprint density at radius 1 is 0.905 bits per heavy atom. The highest BCUT2D eigenvalue weighted by atomic mass is 127. The summed E-state index contributed by atoms with van der Waals surface area (Å²) in [4.78, 5) is 0. The number of rotatable bonds is 6. The van der Waals surface area contributed by atoms with E-state index in [1.54, 1.807) is 14.2 Å². The number of hydrogen-bond acceptors (Lipinski definition) is 3. The Morgan fingerprint density at radius 3 is 2.10 bits per heavy atom. The average Bonchev–Trinajstić information content (AvgIpc) is 2.49. The van der Waals surface area contributed by atoms with E-state index in [0.717, 1.165) is 29.9 Å². The molecule has 0 saturated heterocycles. The van der Waals surface area contributed by atoms with Crippen LogP contribution in [-0.2, 0) is 12.8 Å². The highest BCUT2D eigenvalue weighted by Crippen LogP contribution is 2.28. The Morgan fingerprint density at radius 2 is 1.48 bits per heavy atom. The molecule has 2 aromatic carbocycles. The summed E-state index contributed by atoms with van der Waals surface area (Å²) in [6.07, 6.45) is 1.68. The third kappa shape index (κ3) is 4.61. The van der Waals surface area contributed by atoms with Crippen LogP contribution >= 0.6 is 22.6 Å². The molecule has 0 bridgehead atoms.